The summed E-state index contributed by atoms with van der Waals surface area (Å²) in [6.07, 6.45) is 1.79. The Balaban J connectivity index is 1.52. The molecule has 1 N–H and O–H groups in total. The largest absolute Gasteiger partial charge is 0.434 e. The molecule has 0 saturated carbocycles. The number of likely N-dealkylation sites (tertiary alicyclic amines) is 1. The molecular weight excluding hydrogens is 411 g/mol. The Morgan fingerprint density at radius 1 is 1.13 bits per heavy atom. The standard InChI is InChI=1S/C20H20F3N7O/c1-13-15(28-18-12-24-17(11-25-18)20(21,22)23)6-4-10-29(13)19(31)14-5-2-3-7-16(14)30-26-8-9-27-30/h2-3,5,7-9,11-13,15H,4,6,10H2,1H3,(H,25,28). The van der Waals surface area contributed by atoms with Gasteiger partial charge < -0.3 is 10.2 Å². The van der Waals surface area contributed by atoms with Crippen molar-refractivity contribution >= 4 is 11.7 Å². The Morgan fingerprint density at radius 3 is 2.55 bits per heavy atom. The molecule has 0 bridgehead atoms. The Labute approximate surface area is 176 Å². The quantitative estimate of drug-likeness (QED) is 0.683. The van der Waals surface area contributed by atoms with Crippen molar-refractivity contribution in [2.45, 2.75) is 38.0 Å². The van der Waals surface area contributed by atoms with Crippen molar-refractivity contribution in [3.05, 3.63) is 60.3 Å². The number of nitrogens with one attached hydrogen (secondary N) is 1. The van der Waals surface area contributed by atoms with Crippen LogP contribution in [0, 0.1) is 0 Å². The van der Waals surface area contributed by atoms with Crippen LogP contribution in [0.1, 0.15) is 35.8 Å². The van der Waals surface area contributed by atoms with Crippen LogP contribution in [0.25, 0.3) is 5.69 Å². The molecule has 3 aromatic rings. The van der Waals surface area contributed by atoms with Gasteiger partial charge in [-0.25, -0.2) is 9.97 Å². The second-order valence-corrected chi connectivity index (χ2v) is 7.25. The molecule has 2 atom stereocenters. The fourth-order valence-electron chi connectivity index (χ4n) is 3.69. The second kappa shape index (κ2) is 8.32. The molecule has 162 valence electrons. The number of hydrogen-bond donors (Lipinski definition) is 1. The lowest BCUT2D eigenvalue weighted by molar-refractivity contribution is -0.141. The number of alkyl halides is 3. The molecular formula is C20H20F3N7O. The molecule has 1 amide bonds. The number of aromatic nitrogens is 5. The van der Waals surface area contributed by atoms with Crippen molar-refractivity contribution in [3.8, 4) is 5.69 Å². The van der Waals surface area contributed by atoms with Crippen molar-refractivity contribution in [2.24, 2.45) is 0 Å². The molecule has 2 unspecified atom stereocenters. The molecule has 4 rings (SSSR count). The molecule has 1 aliphatic heterocycles. The molecule has 0 spiro atoms. The lowest BCUT2D eigenvalue weighted by atomic mass is 9.96. The first kappa shape index (κ1) is 20.8. The number of rotatable bonds is 4. The van der Waals surface area contributed by atoms with Crippen LogP contribution >= 0.6 is 0 Å². The number of benzene rings is 1. The van der Waals surface area contributed by atoms with E-state index in [-0.39, 0.29) is 23.8 Å². The van der Waals surface area contributed by atoms with E-state index in [0.717, 1.165) is 19.0 Å². The van der Waals surface area contributed by atoms with Gasteiger partial charge in [0, 0.05) is 18.6 Å². The van der Waals surface area contributed by atoms with Crippen molar-refractivity contribution in [1.82, 2.24) is 29.9 Å². The number of para-hydroxylation sites is 1. The molecule has 31 heavy (non-hydrogen) atoms. The lowest BCUT2D eigenvalue weighted by Crippen LogP contribution is -2.52. The fourth-order valence-corrected chi connectivity index (χ4v) is 3.69. The number of carbonyl (C=O) groups is 1. The zero-order valence-corrected chi connectivity index (χ0v) is 16.6. The molecule has 1 aliphatic rings. The number of amides is 1. The second-order valence-electron chi connectivity index (χ2n) is 7.25. The molecule has 8 nitrogen and oxygen atoms in total. The van der Waals surface area contributed by atoms with E-state index in [0.29, 0.717) is 24.0 Å². The molecule has 2 aromatic heterocycles. The minimum Gasteiger partial charge on any atom is -0.364 e. The maximum Gasteiger partial charge on any atom is 0.434 e. The van der Waals surface area contributed by atoms with Gasteiger partial charge in [-0.2, -0.15) is 28.2 Å². The third kappa shape index (κ3) is 4.35. The highest BCUT2D eigenvalue weighted by Gasteiger charge is 2.34. The summed E-state index contributed by atoms with van der Waals surface area (Å²) in [6.45, 7) is 2.47. The summed E-state index contributed by atoms with van der Waals surface area (Å²) < 4.78 is 38.1. The Kier molecular flexibility index (Phi) is 5.57. The summed E-state index contributed by atoms with van der Waals surface area (Å²) in [5.74, 6) is 0.0747. The highest BCUT2D eigenvalue weighted by molar-refractivity contribution is 5.98. The third-order valence-corrected chi connectivity index (χ3v) is 5.29. The Hall–Kier alpha value is -3.50. The molecule has 0 aliphatic carbocycles. The van der Waals surface area contributed by atoms with E-state index in [9.17, 15) is 18.0 Å². The van der Waals surface area contributed by atoms with E-state index in [4.69, 9.17) is 0 Å². The molecule has 0 radical (unpaired) electrons. The highest BCUT2D eigenvalue weighted by Crippen LogP contribution is 2.28. The van der Waals surface area contributed by atoms with Gasteiger partial charge in [-0.1, -0.05) is 12.1 Å². The average molecular weight is 431 g/mol. The lowest BCUT2D eigenvalue weighted by Gasteiger charge is -2.40. The van der Waals surface area contributed by atoms with Gasteiger partial charge in [0.15, 0.2) is 5.69 Å². The summed E-state index contributed by atoms with van der Waals surface area (Å²) >= 11 is 0. The maximum atomic E-state index is 13.4. The summed E-state index contributed by atoms with van der Waals surface area (Å²) in [7, 11) is 0. The van der Waals surface area contributed by atoms with Crippen LogP contribution in [0.2, 0.25) is 0 Å². The van der Waals surface area contributed by atoms with Gasteiger partial charge in [-0.3, -0.25) is 4.79 Å². The summed E-state index contributed by atoms with van der Waals surface area (Å²) in [6, 6.07) is 6.69. The van der Waals surface area contributed by atoms with Crippen LogP contribution < -0.4 is 5.32 Å². The highest BCUT2D eigenvalue weighted by atomic mass is 19.4. The topological polar surface area (TPSA) is 88.8 Å². The zero-order valence-electron chi connectivity index (χ0n) is 16.6. The molecule has 1 fully saturated rings. The van der Waals surface area contributed by atoms with Crippen LogP contribution in [0.15, 0.2) is 49.1 Å². The minimum atomic E-state index is -4.54. The van der Waals surface area contributed by atoms with Crippen molar-refractivity contribution in [2.75, 3.05) is 11.9 Å². The van der Waals surface area contributed by atoms with Crippen LogP contribution in [-0.2, 0) is 6.18 Å². The molecule has 1 saturated heterocycles. The maximum absolute atomic E-state index is 13.4. The number of hydrogen-bond acceptors (Lipinski definition) is 6. The van der Waals surface area contributed by atoms with E-state index < -0.39 is 11.9 Å². The van der Waals surface area contributed by atoms with Gasteiger partial charge in [0.05, 0.1) is 36.0 Å². The normalized spacial score (nSPS) is 19.3. The predicted octanol–water partition coefficient (Wildman–Crippen LogP) is 3.18. The molecule has 1 aromatic carbocycles. The van der Waals surface area contributed by atoms with E-state index in [1.54, 1.807) is 23.1 Å². The predicted molar refractivity (Wildman–Crippen MR) is 106 cm³/mol. The third-order valence-electron chi connectivity index (χ3n) is 5.29. The number of carbonyl (C=O) groups excluding carboxylic acids is 1. The van der Waals surface area contributed by atoms with E-state index >= 15 is 0 Å². The minimum absolute atomic E-state index is 0.162. The Morgan fingerprint density at radius 2 is 1.87 bits per heavy atom. The SMILES string of the molecule is CC1C(Nc2cnc(C(F)(F)F)cn2)CCCN1C(=O)c1ccccc1-n1nccn1. The van der Waals surface area contributed by atoms with Crippen molar-refractivity contribution in [1.29, 1.82) is 0 Å². The van der Waals surface area contributed by atoms with Crippen LogP contribution in [0.3, 0.4) is 0 Å². The van der Waals surface area contributed by atoms with Gasteiger partial charge >= 0.3 is 6.18 Å². The summed E-state index contributed by atoms with van der Waals surface area (Å²) in [5.41, 5.74) is 0.00398. The first-order valence-electron chi connectivity index (χ1n) is 9.77. The first-order chi connectivity index (χ1) is 14.8. The smallest absolute Gasteiger partial charge is 0.364 e. The van der Waals surface area contributed by atoms with E-state index in [1.807, 2.05) is 13.0 Å². The average Bonchev–Trinajstić information content (AvgIpc) is 3.29. The number of piperidine rings is 1. The van der Waals surface area contributed by atoms with Gasteiger partial charge in [0.1, 0.15) is 5.82 Å². The van der Waals surface area contributed by atoms with Gasteiger partial charge in [-0.15, -0.1) is 0 Å². The summed E-state index contributed by atoms with van der Waals surface area (Å²) in [4.78, 5) is 23.8. The van der Waals surface area contributed by atoms with E-state index in [2.05, 4.69) is 25.5 Å². The Bertz CT molecular complexity index is 1040. The van der Waals surface area contributed by atoms with E-state index in [1.165, 1.54) is 17.2 Å². The van der Waals surface area contributed by atoms with Gasteiger partial charge in [0.25, 0.3) is 5.91 Å². The van der Waals surface area contributed by atoms with Gasteiger partial charge in [0.2, 0.25) is 0 Å². The fraction of sp³-hybridized carbons (Fsp3) is 0.350. The van der Waals surface area contributed by atoms with Crippen LogP contribution in [0.4, 0.5) is 19.0 Å². The zero-order chi connectivity index (χ0) is 22.0. The number of nitrogens with zero attached hydrogens (tertiary/aromatic N) is 6. The van der Waals surface area contributed by atoms with Crippen molar-refractivity contribution < 1.29 is 18.0 Å². The van der Waals surface area contributed by atoms with Gasteiger partial charge in [-0.05, 0) is 31.9 Å². The number of halogens is 3. The monoisotopic (exact) mass is 431 g/mol. The van der Waals surface area contributed by atoms with Crippen molar-refractivity contribution in [3.63, 3.8) is 0 Å². The molecule has 3 heterocycles. The van der Waals surface area contributed by atoms with Crippen LogP contribution in [0.5, 0.6) is 0 Å². The first-order valence-corrected chi connectivity index (χ1v) is 9.77. The molecule has 11 heteroatoms. The van der Waals surface area contributed by atoms with Crippen LogP contribution in [-0.4, -0.2) is 54.4 Å². The summed E-state index contributed by atoms with van der Waals surface area (Å²) in [5, 5.41) is 11.4. The number of anilines is 1.